The molecule has 0 unspecified atom stereocenters. The van der Waals surface area contributed by atoms with Crippen LogP contribution in [-0.4, -0.2) is 28.9 Å². The Morgan fingerprint density at radius 1 is 1.02 bits per heavy atom. The predicted molar refractivity (Wildman–Crippen MR) is 144 cm³/mol. The van der Waals surface area contributed by atoms with Crippen LogP contribution in [0.4, 0.5) is 17.6 Å². The lowest BCUT2D eigenvalue weighted by molar-refractivity contribution is -0.137. The Bertz CT molecular complexity index is 1920. The summed E-state index contributed by atoms with van der Waals surface area (Å²) >= 11 is 0. The maximum Gasteiger partial charge on any atom is 0.416 e. The summed E-state index contributed by atoms with van der Waals surface area (Å²) in [6.07, 6.45) is -1.15. The fraction of sp³-hybridized carbons (Fsp3) is 0.107. The molecule has 5 rings (SSSR count). The lowest BCUT2D eigenvalue weighted by Gasteiger charge is -2.14. The second kappa shape index (κ2) is 11.0. The number of carbonyl (C=O) groups is 1. The van der Waals surface area contributed by atoms with Gasteiger partial charge in [-0.25, -0.2) is 17.5 Å². The number of halogens is 4. The molecule has 41 heavy (non-hydrogen) atoms. The number of nitrogens with zero attached hydrogens (tertiary/aromatic N) is 2. The van der Waals surface area contributed by atoms with E-state index in [-0.39, 0.29) is 46.5 Å². The van der Waals surface area contributed by atoms with Crippen LogP contribution in [0.3, 0.4) is 0 Å². The maximum atomic E-state index is 14.7. The maximum absolute atomic E-state index is 14.7. The third-order valence-corrected chi connectivity index (χ3v) is 7.47. The Morgan fingerprint density at radius 2 is 1.78 bits per heavy atom. The van der Waals surface area contributed by atoms with Crippen molar-refractivity contribution in [2.45, 2.75) is 25.0 Å². The van der Waals surface area contributed by atoms with Crippen molar-refractivity contribution < 1.29 is 30.8 Å². The summed E-state index contributed by atoms with van der Waals surface area (Å²) in [6.45, 7) is -0.366. The Hall–Kier alpha value is -4.78. The van der Waals surface area contributed by atoms with Crippen LogP contribution in [0.1, 0.15) is 29.0 Å². The van der Waals surface area contributed by atoms with Crippen LogP contribution >= 0.6 is 0 Å². The van der Waals surface area contributed by atoms with Crippen LogP contribution in [0, 0.1) is 5.82 Å². The monoisotopic (exact) mass is 586 g/mol. The molecule has 0 spiro atoms. The number of sulfonamides is 1. The van der Waals surface area contributed by atoms with E-state index in [0.29, 0.717) is 0 Å². The first-order valence-corrected chi connectivity index (χ1v) is 13.1. The van der Waals surface area contributed by atoms with E-state index in [9.17, 15) is 35.6 Å². The summed E-state index contributed by atoms with van der Waals surface area (Å²) in [7, 11) is -4.50. The first kappa shape index (κ1) is 29.2. The second-order valence-electron chi connectivity index (χ2n) is 8.67. The number of aromatic nitrogens is 3. The molecule has 13 heteroatoms. The highest BCUT2D eigenvalue weighted by Gasteiger charge is 2.34. The largest absolute Gasteiger partial charge is 0.416 e. The third kappa shape index (κ3) is 5.61. The van der Waals surface area contributed by atoms with Gasteiger partial charge in [0.2, 0.25) is 0 Å². The number of pyridine rings is 2. The molecule has 5 aromatic rings. The van der Waals surface area contributed by atoms with Crippen molar-refractivity contribution in [3.8, 4) is 11.1 Å². The number of fused-ring (bicyclic) bond motifs is 1. The van der Waals surface area contributed by atoms with Crippen molar-refractivity contribution in [3.05, 3.63) is 118 Å². The molecule has 0 saturated heterocycles. The van der Waals surface area contributed by atoms with E-state index in [1.807, 2.05) is 4.72 Å². The van der Waals surface area contributed by atoms with E-state index < -0.39 is 44.7 Å². The number of hydrogen-bond acceptors (Lipinski definition) is 5. The Kier molecular flexibility index (Phi) is 7.84. The van der Waals surface area contributed by atoms with Gasteiger partial charge < -0.3 is 9.55 Å². The summed E-state index contributed by atoms with van der Waals surface area (Å²) < 4.78 is 84.9. The number of nitrogens with one attached hydrogen (secondary N) is 2. The highest BCUT2D eigenvalue weighted by Crippen LogP contribution is 2.38. The number of H-pyrrole nitrogens is 1. The lowest BCUT2D eigenvalue weighted by atomic mass is 10.0. The average molecular weight is 587 g/mol. The van der Waals surface area contributed by atoms with E-state index in [0.717, 1.165) is 30.5 Å². The van der Waals surface area contributed by atoms with Gasteiger partial charge >= 0.3 is 6.18 Å². The molecule has 2 aromatic carbocycles. The molecular formula is C28H22F4N4O4S. The Labute approximate surface area is 231 Å². The third-order valence-electron chi connectivity index (χ3n) is 6.15. The first-order valence-electron chi connectivity index (χ1n) is 11.6. The fourth-order valence-corrected chi connectivity index (χ4v) is 5.27. The number of rotatable bonds is 6. The van der Waals surface area contributed by atoms with Crippen molar-refractivity contribution >= 4 is 26.8 Å². The summed E-state index contributed by atoms with van der Waals surface area (Å²) in [6, 6.07) is 13.4. The number of benzene rings is 2. The van der Waals surface area contributed by atoms with E-state index >= 15 is 0 Å². The normalized spacial score (nSPS) is 11.7. The molecule has 8 nitrogen and oxygen atoms in total. The van der Waals surface area contributed by atoms with Gasteiger partial charge in [0.15, 0.2) is 0 Å². The van der Waals surface area contributed by atoms with Crippen LogP contribution in [0.5, 0.6) is 0 Å². The zero-order chi connectivity index (χ0) is 28.7. The minimum absolute atomic E-state index is 0. The van der Waals surface area contributed by atoms with Crippen molar-refractivity contribution in [2.75, 3.05) is 0 Å². The van der Waals surface area contributed by atoms with Gasteiger partial charge in [-0.15, -0.1) is 0 Å². The first-order chi connectivity index (χ1) is 19.0. The second-order valence-corrected chi connectivity index (χ2v) is 10.3. The van der Waals surface area contributed by atoms with Crippen LogP contribution < -0.4 is 10.3 Å². The average Bonchev–Trinajstić information content (AvgIpc) is 3.23. The standard InChI is InChI=1S/C27H18F4N4O4S.CH4/c28-21-8-2-1-5-16(21)15-35-22-10-9-17(27(29,30)31)13-20(22)23(19-7-4-12-33-25(19)36)24(35)26(37)34-40(38,39)18-6-3-11-32-14-18;/h1-14H,15H2,(H,33,36)(H,34,37);1H4. The van der Waals surface area contributed by atoms with Crippen LogP contribution in [0.15, 0.2) is 95.0 Å². The van der Waals surface area contributed by atoms with E-state index in [1.165, 1.54) is 59.4 Å². The van der Waals surface area contributed by atoms with Crippen LogP contribution in [-0.2, 0) is 22.7 Å². The summed E-state index contributed by atoms with van der Waals surface area (Å²) in [4.78, 5) is 32.4. The number of carbonyl (C=O) groups excluding carboxylic acids is 1. The predicted octanol–water partition coefficient (Wildman–Crippen LogP) is 5.35. The van der Waals surface area contributed by atoms with Gasteiger partial charge in [-0.3, -0.25) is 14.6 Å². The molecule has 0 aliphatic heterocycles. The molecule has 3 aromatic heterocycles. The van der Waals surface area contributed by atoms with Crippen molar-refractivity contribution in [1.29, 1.82) is 0 Å². The van der Waals surface area contributed by atoms with Crippen LogP contribution in [0.25, 0.3) is 22.0 Å². The van der Waals surface area contributed by atoms with Gasteiger partial charge in [0, 0.05) is 46.2 Å². The molecule has 0 bridgehead atoms. The minimum Gasteiger partial charge on any atom is -0.331 e. The molecule has 3 heterocycles. The van der Waals surface area contributed by atoms with Gasteiger partial charge in [-0.2, -0.15) is 13.2 Å². The fourth-order valence-electron chi connectivity index (χ4n) is 4.35. The highest BCUT2D eigenvalue weighted by atomic mass is 32.2. The molecule has 0 aliphatic rings. The smallest absolute Gasteiger partial charge is 0.331 e. The molecule has 2 N–H and O–H groups in total. The van der Waals surface area contributed by atoms with E-state index in [2.05, 4.69) is 9.97 Å². The summed E-state index contributed by atoms with van der Waals surface area (Å²) in [5, 5.41) is -0.160. The highest BCUT2D eigenvalue weighted by molar-refractivity contribution is 7.90. The Balaban J connectivity index is 0.00000387. The van der Waals surface area contributed by atoms with Crippen LogP contribution in [0.2, 0.25) is 0 Å². The molecule has 0 atom stereocenters. The molecule has 0 radical (unpaired) electrons. The van der Waals surface area contributed by atoms with Gasteiger partial charge in [0.05, 0.1) is 12.1 Å². The lowest BCUT2D eigenvalue weighted by Crippen LogP contribution is -2.33. The molecule has 1 amide bonds. The van der Waals surface area contributed by atoms with Crippen molar-refractivity contribution in [2.24, 2.45) is 0 Å². The number of hydrogen-bond donors (Lipinski definition) is 2. The molecule has 0 fully saturated rings. The van der Waals surface area contributed by atoms with Gasteiger partial charge in [-0.1, -0.05) is 25.6 Å². The number of alkyl halides is 3. The molecule has 212 valence electrons. The van der Waals surface area contributed by atoms with Gasteiger partial charge in [0.25, 0.3) is 21.5 Å². The van der Waals surface area contributed by atoms with Crippen molar-refractivity contribution in [3.63, 3.8) is 0 Å². The quantitative estimate of drug-likeness (QED) is 0.261. The molecule has 0 aliphatic carbocycles. The zero-order valence-corrected chi connectivity index (χ0v) is 21.1. The number of aromatic amines is 1. The van der Waals surface area contributed by atoms with Gasteiger partial charge in [-0.05, 0) is 48.5 Å². The minimum atomic E-state index is -4.77. The molecular weight excluding hydrogens is 564 g/mol. The SMILES string of the molecule is C.O=C(NS(=O)(=O)c1cccnc1)c1c(-c2ccc[nH]c2=O)c2cc(C(F)(F)F)ccc2n1Cc1ccccc1F. The zero-order valence-electron chi connectivity index (χ0n) is 20.2. The Morgan fingerprint density at radius 3 is 2.44 bits per heavy atom. The topological polar surface area (TPSA) is 114 Å². The van der Waals surface area contributed by atoms with Gasteiger partial charge in [0.1, 0.15) is 16.4 Å². The van der Waals surface area contributed by atoms with E-state index in [1.54, 1.807) is 0 Å². The summed E-state index contributed by atoms with van der Waals surface area (Å²) in [5.74, 6) is -1.91. The molecule has 0 saturated carbocycles. The summed E-state index contributed by atoms with van der Waals surface area (Å²) in [5.41, 5.74) is -2.60. The number of amides is 1. The van der Waals surface area contributed by atoms with Crippen molar-refractivity contribution in [1.82, 2.24) is 19.3 Å². The van der Waals surface area contributed by atoms with E-state index in [4.69, 9.17) is 0 Å².